The van der Waals surface area contributed by atoms with Crippen LogP contribution in [-0.4, -0.2) is 39.1 Å². The Kier molecular flexibility index (Phi) is 7.66. The van der Waals surface area contributed by atoms with Crippen LogP contribution in [0.5, 0.6) is 0 Å². The zero-order valence-electron chi connectivity index (χ0n) is 19.8. The molecule has 0 saturated heterocycles. The first-order chi connectivity index (χ1) is 16.7. The van der Waals surface area contributed by atoms with Gasteiger partial charge in [0.25, 0.3) is 5.91 Å². The van der Waals surface area contributed by atoms with E-state index in [-0.39, 0.29) is 11.0 Å². The summed E-state index contributed by atoms with van der Waals surface area (Å²) in [6.07, 6.45) is 2.55. The molecule has 0 radical (unpaired) electrons. The van der Waals surface area contributed by atoms with Gasteiger partial charge < -0.3 is 15.0 Å². The second-order valence-corrected chi connectivity index (χ2v) is 10.1. The number of aliphatic hydroxyl groups is 1. The number of aliphatic hydroxyl groups excluding tert-OH is 1. The van der Waals surface area contributed by atoms with E-state index in [0.717, 1.165) is 21.5 Å². The smallest absolute Gasteiger partial charge is 0.257 e. The number of nitrogens with zero attached hydrogens (tertiary/aromatic N) is 3. The van der Waals surface area contributed by atoms with Gasteiger partial charge in [0.1, 0.15) is 11.7 Å². The molecular weight excluding hydrogens is 484 g/mol. The summed E-state index contributed by atoms with van der Waals surface area (Å²) in [6, 6.07) is 12.6. The summed E-state index contributed by atoms with van der Waals surface area (Å²) >= 11 is 7.31. The third-order valence-corrected chi connectivity index (χ3v) is 7.39. The Hall–Kier alpha value is -3.04. The van der Waals surface area contributed by atoms with Gasteiger partial charge in [-0.2, -0.15) is 0 Å². The van der Waals surface area contributed by atoms with E-state index in [9.17, 15) is 14.7 Å². The highest BCUT2D eigenvalue weighted by Crippen LogP contribution is 2.30. The summed E-state index contributed by atoms with van der Waals surface area (Å²) in [4.78, 5) is 33.3. The number of aromatic nitrogens is 2. The van der Waals surface area contributed by atoms with Crippen molar-refractivity contribution in [1.82, 2.24) is 19.8 Å². The van der Waals surface area contributed by atoms with Gasteiger partial charge in [0, 0.05) is 49.0 Å². The average Bonchev–Trinajstić information content (AvgIpc) is 3.17. The van der Waals surface area contributed by atoms with Crippen LogP contribution in [0.2, 0.25) is 5.02 Å². The first-order valence-corrected chi connectivity index (χ1v) is 12.4. The molecule has 1 atom stereocenters. The molecule has 3 heterocycles. The van der Waals surface area contributed by atoms with Crippen molar-refractivity contribution in [2.45, 2.75) is 26.1 Å². The van der Waals surface area contributed by atoms with Crippen molar-refractivity contribution in [3.05, 3.63) is 97.4 Å². The van der Waals surface area contributed by atoms with Gasteiger partial charge in [0.2, 0.25) is 5.43 Å². The van der Waals surface area contributed by atoms with Crippen molar-refractivity contribution < 1.29 is 9.90 Å². The highest BCUT2D eigenvalue weighted by molar-refractivity contribution is 7.19. The minimum Gasteiger partial charge on any atom is -0.385 e. The molecule has 0 bridgehead atoms. The molecule has 0 unspecified atom stereocenters. The van der Waals surface area contributed by atoms with E-state index in [1.807, 2.05) is 54.8 Å². The minimum atomic E-state index is -0.710. The summed E-state index contributed by atoms with van der Waals surface area (Å²) in [6.45, 7) is 3.25. The lowest BCUT2D eigenvalue weighted by Gasteiger charge is -2.20. The van der Waals surface area contributed by atoms with Gasteiger partial charge >= 0.3 is 0 Å². The third-order valence-electron chi connectivity index (χ3n) is 5.88. The molecule has 9 heteroatoms. The van der Waals surface area contributed by atoms with Gasteiger partial charge in [-0.05, 0) is 49.4 Å². The Labute approximate surface area is 212 Å². The lowest BCUT2D eigenvalue weighted by Crippen LogP contribution is -2.29. The fourth-order valence-electron chi connectivity index (χ4n) is 4.03. The van der Waals surface area contributed by atoms with Crippen molar-refractivity contribution in [1.29, 1.82) is 0 Å². The first kappa shape index (κ1) is 25.1. The zero-order valence-corrected chi connectivity index (χ0v) is 21.4. The number of thiophene rings is 1. The maximum Gasteiger partial charge on any atom is 0.257 e. The molecule has 3 aromatic heterocycles. The molecular formula is C26H27ClN4O3S. The van der Waals surface area contributed by atoms with Gasteiger partial charge in [0.15, 0.2) is 0 Å². The molecule has 4 rings (SSSR count). The topological polar surface area (TPSA) is 87.5 Å². The molecule has 1 aromatic carbocycles. The number of rotatable bonds is 8. The van der Waals surface area contributed by atoms with Gasteiger partial charge in [-0.1, -0.05) is 29.8 Å². The van der Waals surface area contributed by atoms with Crippen LogP contribution in [-0.2, 0) is 20.1 Å². The van der Waals surface area contributed by atoms with Crippen molar-refractivity contribution in [3.63, 3.8) is 0 Å². The van der Waals surface area contributed by atoms with E-state index in [1.165, 1.54) is 11.3 Å². The molecule has 0 spiro atoms. The van der Waals surface area contributed by atoms with Gasteiger partial charge in [-0.15, -0.1) is 11.3 Å². The molecule has 7 nitrogen and oxygen atoms in total. The molecule has 0 saturated carbocycles. The van der Waals surface area contributed by atoms with E-state index in [2.05, 4.69) is 10.3 Å². The second-order valence-electron chi connectivity index (χ2n) is 8.59. The largest absolute Gasteiger partial charge is 0.385 e. The van der Waals surface area contributed by atoms with E-state index in [0.29, 0.717) is 35.1 Å². The molecule has 2 N–H and O–H groups in total. The number of carbonyl (C=O) groups excluding carboxylic acids is 1. The van der Waals surface area contributed by atoms with Gasteiger partial charge in [-0.3, -0.25) is 19.5 Å². The normalized spacial score (nSPS) is 12.3. The fourth-order valence-corrected chi connectivity index (χ4v) is 5.54. The summed E-state index contributed by atoms with van der Waals surface area (Å²) < 4.78 is 2.39. The highest BCUT2D eigenvalue weighted by atomic mass is 35.5. The molecule has 0 aliphatic carbocycles. The number of amides is 1. The van der Waals surface area contributed by atoms with Crippen LogP contribution in [0.4, 0.5) is 0 Å². The third kappa shape index (κ3) is 5.62. The number of hydrogen-bond donors (Lipinski definition) is 2. The fraction of sp³-hybridized carbons (Fsp3) is 0.269. The number of likely N-dealkylation sites (N-methyl/N-ethyl adjacent to an activating group) is 1. The molecule has 182 valence electrons. The van der Waals surface area contributed by atoms with Crippen molar-refractivity contribution in [3.8, 4) is 0 Å². The lowest BCUT2D eigenvalue weighted by molar-refractivity contribution is 0.0949. The molecule has 0 aliphatic rings. The minimum absolute atomic E-state index is 0.112. The van der Waals surface area contributed by atoms with E-state index >= 15 is 0 Å². The summed E-state index contributed by atoms with van der Waals surface area (Å²) in [5.41, 5.74) is 3.17. The van der Waals surface area contributed by atoms with Crippen LogP contribution in [0.15, 0.2) is 59.7 Å². The number of aryl methyl sites for hydroxylation is 2. The van der Waals surface area contributed by atoms with Crippen LogP contribution in [0.25, 0.3) is 10.2 Å². The summed E-state index contributed by atoms with van der Waals surface area (Å²) in [5, 5.41) is 14.0. The Bertz CT molecular complexity index is 1400. The quantitative estimate of drug-likeness (QED) is 0.373. The van der Waals surface area contributed by atoms with Crippen LogP contribution in [0, 0.1) is 6.92 Å². The van der Waals surface area contributed by atoms with Crippen LogP contribution in [0.1, 0.15) is 38.2 Å². The predicted molar refractivity (Wildman–Crippen MR) is 140 cm³/mol. The van der Waals surface area contributed by atoms with E-state index in [1.54, 1.807) is 30.6 Å². The van der Waals surface area contributed by atoms with Crippen molar-refractivity contribution >= 4 is 39.1 Å². The van der Waals surface area contributed by atoms with Gasteiger partial charge in [-0.25, -0.2) is 0 Å². The highest BCUT2D eigenvalue weighted by Gasteiger charge is 2.21. The first-order valence-electron chi connectivity index (χ1n) is 11.2. The second kappa shape index (κ2) is 10.7. The molecule has 35 heavy (non-hydrogen) atoms. The lowest BCUT2D eigenvalue weighted by atomic mass is 10.1. The SMILES string of the molecule is Cc1c(CN(C)C[C@@H](O)c2ccccn2)sc2c(=O)c(C(=O)NCc3ccc(Cl)cc3)cn(C)c12. The monoisotopic (exact) mass is 510 g/mol. The number of fused-ring (bicyclic) bond motifs is 1. The predicted octanol–water partition coefficient (Wildman–Crippen LogP) is 4.05. The maximum atomic E-state index is 13.2. The number of pyridine rings is 2. The van der Waals surface area contributed by atoms with Crippen molar-refractivity contribution in [2.24, 2.45) is 7.05 Å². The number of nitrogens with one attached hydrogen (secondary N) is 1. The Balaban J connectivity index is 1.53. The number of benzene rings is 1. The van der Waals surface area contributed by atoms with Crippen LogP contribution >= 0.6 is 22.9 Å². The number of carbonyl (C=O) groups is 1. The van der Waals surface area contributed by atoms with Crippen molar-refractivity contribution in [2.75, 3.05) is 13.6 Å². The van der Waals surface area contributed by atoms with E-state index < -0.39 is 12.0 Å². The summed E-state index contributed by atoms with van der Waals surface area (Å²) in [5.74, 6) is -0.411. The Morgan fingerprint density at radius 3 is 2.69 bits per heavy atom. The van der Waals surface area contributed by atoms with Crippen LogP contribution < -0.4 is 10.7 Å². The maximum absolute atomic E-state index is 13.2. The number of hydrogen-bond acceptors (Lipinski definition) is 6. The summed E-state index contributed by atoms with van der Waals surface area (Å²) in [7, 11) is 3.76. The van der Waals surface area contributed by atoms with E-state index in [4.69, 9.17) is 11.6 Å². The Morgan fingerprint density at radius 2 is 2.00 bits per heavy atom. The van der Waals surface area contributed by atoms with Crippen LogP contribution in [0.3, 0.4) is 0 Å². The standard InChI is InChI=1S/C26H27ClN4O3S/c1-16-22(15-30(2)14-21(32)20-6-4-5-11-28-20)35-25-23(16)31(3)13-19(24(25)33)26(34)29-12-17-7-9-18(27)10-8-17/h4-11,13,21,32H,12,14-15H2,1-3H3,(H,29,34)/t21-/m1/s1. The molecule has 4 aromatic rings. The van der Waals surface area contributed by atoms with Gasteiger partial charge in [0.05, 0.1) is 15.9 Å². The Morgan fingerprint density at radius 1 is 1.26 bits per heavy atom. The molecule has 1 amide bonds. The number of halogens is 1. The zero-order chi connectivity index (χ0) is 25.1. The molecule has 0 aliphatic heterocycles. The molecule has 0 fully saturated rings. The average molecular weight is 511 g/mol.